The fourth-order valence-corrected chi connectivity index (χ4v) is 9.14. The van der Waals surface area contributed by atoms with Gasteiger partial charge < -0.3 is 4.42 Å². The van der Waals surface area contributed by atoms with Crippen LogP contribution in [0.4, 0.5) is 0 Å². The molecular formula is C61H39N3O. The van der Waals surface area contributed by atoms with E-state index in [0.29, 0.717) is 17.5 Å². The normalized spacial score (nSPS) is 11.4. The highest BCUT2D eigenvalue weighted by Crippen LogP contribution is 2.41. The van der Waals surface area contributed by atoms with Crippen molar-refractivity contribution in [1.82, 2.24) is 15.0 Å². The van der Waals surface area contributed by atoms with Crippen LogP contribution in [0.1, 0.15) is 0 Å². The van der Waals surface area contributed by atoms with Crippen molar-refractivity contribution >= 4 is 32.7 Å². The molecule has 12 rings (SSSR count). The van der Waals surface area contributed by atoms with Gasteiger partial charge in [0.2, 0.25) is 0 Å². The van der Waals surface area contributed by atoms with E-state index in [1.165, 1.54) is 21.9 Å². The summed E-state index contributed by atoms with van der Waals surface area (Å²) >= 11 is 0. The number of benzene rings is 10. The lowest BCUT2D eigenvalue weighted by Crippen LogP contribution is -2.01. The number of furan rings is 1. The van der Waals surface area contributed by atoms with Gasteiger partial charge in [0, 0.05) is 33.0 Å². The van der Waals surface area contributed by atoms with Gasteiger partial charge in [-0.2, -0.15) is 0 Å². The van der Waals surface area contributed by atoms with Crippen molar-refractivity contribution in [2.75, 3.05) is 0 Å². The molecule has 0 spiro atoms. The largest absolute Gasteiger partial charge is 0.455 e. The maximum atomic E-state index is 6.46. The molecule has 0 N–H and O–H groups in total. The lowest BCUT2D eigenvalue weighted by Gasteiger charge is -2.13. The number of hydrogen-bond donors (Lipinski definition) is 0. The molecule has 4 heteroatoms. The molecular weight excluding hydrogens is 791 g/mol. The predicted molar refractivity (Wildman–Crippen MR) is 268 cm³/mol. The van der Waals surface area contributed by atoms with Crippen LogP contribution in [0.5, 0.6) is 0 Å². The molecule has 0 unspecified atom stereocenters. The Morgan fingerprint density at radius 1 is 0.215 bits per heavy atom. The molecule has 10 aromatic carbocycles. The molecule has 0 aliphatic carbocycles. The van der Waals surface area contributed by atoms with E-state index in [1.807, 2.05) is 30.3 Å². The number of aromatic nitrogens is 3. The first-order chi connectivity index (χ1) is 32.2. The van der Waals surface area contributed by atoms with Crippen molar-refractivity contribution in [2.45, 2.75) is 0 Å². The SMILES string of the molecule is c1ccc(-c2ccc(-c3nc(-c4ccc(-c5ccc(-c6ccc(-c7cccc8c7oc7ccccc78)c7ccccc67)cc5)cc4)nc(-c4ccccc4-c4ccccc4)n3)cc2)cc1. The molecule has 2 heterocycles. The average Bonchev–Trinajstić information content (AvgIpc) is 3.78. The zero-order chi connectivity index (χ0) is 43.1. The third kappa shape index (κ3) is 7.04. The van der Waals surface area contributed by atoms with Gasteiger partial charge in [-0.05, 0) is 66.9 Å². The Morgan fingerprint density at radius 3 is 1.25 bits per heavy atom. The molecule has 65 heavy (non-hydrogen) atoms. The third-order valence-corrected chi connectivity index (χ3v) is 12.4. The van der Waals surface area contributed by atoms with Crippen LogP contribution < -0.4 is 0 Å². The Labute approximate surface area is 376 Å². The first kappa shape index (κ1) is 38.0. The minimum absolute atomic E-state index is 0.619. The number of fused-ring (bicyclic) bond motifs is 4. The summed E-state index contributed by atoms with van der Waals surface area (Å²) in [6.45, 7) is 0. The summed E-state index contributed by atoms with van der Waals surface area (Å²) in [5.74, 6) is 1.87. The molecule has 0 bridgehead atoms. The van der Waals surface area contributed by atoms with Gasteiger partial charge in [0.05, 0.1) is 0 Å². The van der Waals surface area contributed by atoms with Crippen LogP contribution in [-0.4, -0.2) is 15.0 Å². The van der Waals surface area contributed by atoms with Crippen LogP contribution in [0.25, 0.3) is 123 Å². The summed E-state index contributed by atoms with van der Waals surface area (Å²) in [5, 5.41) is 4.66. The molecule has 0 amide bonds. The maximum absolute atomic E-state index is 6.46. The molecule has 0 radical (unpaired) electrons. The Hall–Kier alpha value is -8.73. The van der Waals surface area contributed by atoms with Gasteiger partial charge in [0.15, 0.2) is 17.5 Å². The minimum Gasteiger partial charge on any atom is -0.455 e. The fourth-order valence-electron chi connectivity index (χ4n) is 9.14. The molecule has 0 saturated heterocycles. The molecule has 0 saturated carbocycles. The van der Waals surface area contributed by atoms with E-state index in [4.69, 9.17) is 19.4 Å². The fraction of sp³-hybridized carbons (Fsp3) is 0. The summed E-state index contributed by atoms with van der Waals surface area (Å²) in [7, 11) is 0. The zero-order valence-electron chi connectivity index (χ0n) is 35.3. The number of hydrogen-bond acceptors (Lipinski definition) is 4. The smallest absolute Gasteiger partial charge is 0.164 e. The third-order valence-electron chi connectivity index (χ3n) is 12.4. The van der Waals surface area contributed by atoms with E-state index in [2.05, 4.69) is 206 Å². The number of rotatable bonds is 8. The van der Waals surface area contributed by atoms with Crippen LogP contribution in [0.2, 0.25) is 0 Å². The Balaban J connectivity index is 0.880. The average molecular weight is 830 g/mol. The number of nitrogens with zero attached hydrogens (tertiary/aromatic N) is 3. The zero-order valence-corrected chi connectivity index (χ0v) is 35.3. The standard InChI is InChI=1S/C61H39N3O/c1-3-14-40(15-4-1)41-28-34-46(35-29-41)59-62-60(64-61(63-59)56-22-10-7-18-48(56)44-16-5-2-6-17-44)47-36-30-43(31-37-47)42-26-32-45(33-27-42)49-38-39-52(51-20-9-8-19-50(49)51)54-23-13-24-55-53-21-11-12-25-57(53)65-58(54)55/h1-39H. The minimum atomic E-state index is 0.619. The van der Waals surface area contributed by atoms with Gasteiger partial charge in [0.25, 0.3) is 0 Å². The van der Waals surface area contributed by atoms with E-state index in [0.717, 1.165) is 83.1 Å². The topological polar surface area (TPSA) is 51.8 Å². The summed E-state index contributed by atoms with van der Waals surface area (Å²) in [6, 6.07) is 82.9. The van der Waals surface area contributed by atoms with Gasteiger partial charge in [-0.15, -0.1) is 0 Å². The molecule has 0 aliphatic heterocycles. The molecule has 12 aromatic rings. The first-order valence-electron chi connectivity index (χ1n) is 21.9. The van der Waals surface area contributed by atoms with E-state index < -0.39 is 0 Å². The van der Waals surface area contributed by atoms with E-state index in [9.17, 15) is 0 Å². The van der Waals surface area contributed by atoms with Crippen LogP contribution in [-0.2, 0) is 0 Å². The summed E-state index contributed by atoms with van der Waals surface area (Å²) in [4.78, 5) is 15.4. The van der Waals surface area contributed by atoms with Crippen molar-refractivity contribution in [3.05, 3.63) is 237 Å². The number of para-hydroxylation sites is 2. The monoisotopic (exact) mass is 829 g/mol. The first-order valence-corrected chi connectivity index (χ1v) is 21.9. The maximum Gasteiger partial charge on any atom is 0.164 e. The summed E-state index contributed by atoms with van der Waals surface area (Å²) in [5.41, 5.74) is 15.9. The van der Waals surface area contributed by atoms with Crippen molar-refractivity contribution < 1.29 is 4.42 Å². The molecule has 0 aliphatic rings. The van der Waals surface area contributed by atoms with Gasteiger partial charge in [-0.3, -0.25) is 0 Å². The Morgan fingerprint density at radius 2 is 0.615 bits per heavy atom. The Kier molecular flexibility index (Phi) is 9.46. The van der Waals surface area contributed by atoms with Crippen LogP contribution in [0.15, 0.2) is 241 Å². The highest BCUT2D eigenvalue weighted by atomic mass is 16.3. The van der Waals surface area contributed by atoms with Crippen LogP contribution in [0.3, 0.4) is 0 Å². The molecule has 304 valence electrons. The highest BCUT2D eigenvalue weighted by molar-refractivity contribution is 6.13. The summed E-state index contributed by atoms with van der Waals surface area (Å²) in [6.07, 6.45) is 0. The lowest BCUT2D eigenvalue weighted by atomic mass is 9.91. The van der Waals surface area contributed by atoms with Crippen molar-refractivity contribution in [3.63, 3.8) is 0 Å². The van der Waals surface area contributed by atoms with Gasteiger partial charge in [0.1, 0.15) is 11.2 Å². The Bertz CT molecular complexity index is 3670. The van der Waals surface area contributed by atoms with Crippen molar-refractivity contribution in [3.8, 4) is 89.8 Å². The highest BCUT2D eigenvalue weighted by Gasteiger charge is 2.18. The summed E-state index contributed by atoms with van der Waals surface area (Å²) < 4.78 is 6.46. The quantitative estimate of drug-likeness (QED) is 0.153. The molecule has 0 atom stereocenters. The second-order valence-corrected chi connectivity index (χ2v) is 16.3. The lowest BCUT2D eigenvalue weighted by molar-refractivity contribution is 0.670. The van der Waals surface area contributed by atoms with E-state index in [-0.39, 0.29) is 0 Å². The van der Waals surface area contributed by atoms with Gasteiger partial charge in [-0.1, -0.05) is 231 Å². The second-order valence-electron chi connectivity index (χ2n) is 16.3. The van der Waals surface area contributed by atoms with Crippen LogP contribution >= 0.6 is 0 Å². The predicted octanol–water partition coefficient (Wildman–Crippen LogP) is 16.3. The van der Waals surface area contributed by atoms with Gasteiger partial charge in [-0.25, -0.2) is 15.0 Å². The van der Waals surface area contributed by atoms with Crippen molar-refractivity contribution in [1.29, 1.82) is 0 Å². The second kappa shape index (κ2) is 16.2. The van der Waals surface area contributed by atoms with E-state index in [1.54, 1.807) is 0 Å². The molecule has 0 fully saturated rings. The molecule has 4 nitrogen and oxygen atoms in total. The molecule has 2 aromatic heterocycles. The van der Waals surface area contributed by atoms with Gasteiger partial charge >= 0.3 is 0 Å². The van der Waals surface area contributed by atoms with Crippen molar-refractivity contribution in [2.24, 2.45) is 0 Å². The van der Waals surface area contributed by atoms with E-state index >= 15 is 0 Å². The van der Waals surface area contributed by atoms with Crippen LogP contribution in [0, 0.1) is 0 Å².